The van der Waals surface area contributed by atoms with Crippen LogP contribution in [0.25, 0.3) is 0 Å². The zero-order chi connectivity index (χ0) is 25.9. The Kier molecular flexibility index (Phi) is 8.03. The number of hydrogen-bond donors (Lipinski definition) is 1. The van der Waals surface area contributed by atoms with Crippen molar-refractivity contribution in [2.75, 3.05) is 37.6 Å². The summed E-state index contributed by atoms with van der Waals surface area (Å²) in [4.78, 5) is 43.3. The van der Waals surface area contributed by atoms with Crippen molar-refractivity contribution in [2.45, 2.75) is 51.1 Å². The number of piperidine rings is 1. The fraction of sp³-hybridized carbons (Fsp3) is 0.464. The summed E-state index contributed by atoms with van der Waals surface area (Å²) in [6, 6.07) is 11.0. The van der Waals surface area contributed by atoms with Gasteiger partial charge in [-0.05, 0) is 67.6 Å². The summed E-state index contributed by atoms with van der Waals surface area (Å²) in [7, 11) is 0. The number of hydrogen-bond acceptors (Lipinski definition) is 5. The van der Waals surface area contributed by atoms with Crippen LogP contribution in [-0.2, 0) is 22.6 Å². The minimum atomic E-state index is -0.568. The van der Waals surface area contributed by atoms with Gasteiger partial charge in [0.05, 0.1) is 10.7 Å². The van der Waals surface area contributed by atoms with E-state index >= 15 is 0 Å². The lowest BCUT2D eigenvalue weighted by molar-refractivity contribution is -0.136. The van der Waals surface area contributed by atoms with Crippen LogP contribution in [0.2, 0.25) is 10.0 Å². The molecule has 1 atom stereocenters. The van der Waals surface area contributed by atoms with Gasteiger partial charge in [-0.1, -0.05) is 41.8 Å². The second-order valence-electron chi connectivity index (χ2n) is 10.1. The van der Waals surface area contributed by atoms with Gasteiger partial charge in [-0.15, -0.1) is 0 Å². The van der Waals surface area contributed by atoms with Gasteiger partial charge in [-0.3, -0.25) is 24.6 Å². The molecule has 1 unspecified atom stereocenters. The molecule has 1 N–H and O–H groups in total. The Morgan fingerprint density at radius 3 is 2.51 bits per heavy atom. The number of carbonyl (C=O) groups excluding carboxylic acids is 3. The topological polar surface area (TPSA) is 73.0 Å². The highest BCUT2D eigenvalue weighted by Gasteiger charge is 2.39. The van der Waals surface area contributed by atoms with Gasteiger partial charge in [0.2, 0.25) is 11.8 Å². The third-order valence-corrected chi connectivity index (χ3v) is 8.26. The Morgan fingerprint density at radius 2 is 1.76 bits per heavy atom. The summed E-state index contributed by atoms with van der Waals surface area (Å²) >= 11 is 12.4. The van der Waals surface area contributed by atoms with Crippen LogP contribution in [0.15, 0.2) is 36.4 Å². The van der Waals surface area contributed by atoms with E-state index in [4.69, 9.17) is 23.2 Å². The molecule has 0 aliphatic carbocycles. The van der Waals surface area contributed by atoms with E-state index in [1.807, 2.05) is 24.3 Å². The SMILES string of the molecule is O=C1CCC(N2Cc3c(CCCCCN4CCN(c5ccc(Cl)cc5Cl)CC4)cccc3C2=O)C(=O)N1. The highest BCUT2D eigenvalue weighted by molar-refractivity contribution is 6.36. The van der Waals surface area contributed by atoms with Gasteiger partial charge < -0.3 is 9.80 Å². The zero-order valence-corrected chi connectivity index (χ0v) is 22.4. The Labute approximate surface area is 227 Å². The third kappa shape index (κ3) is 5.79. The molecule has 2 saturated heterocycles. The summed E-state index contributed by atoms with van der Waals surface area (Å²) in [5.74, 6) is -0.736. The largest absolute Gasteiger partial charge is 0.368 e. The average molecular weight is 543 g/mol. The van der Waals surface area contributed by atoms with E-state index in [-0.39, 0.29) is 24.1 Å². The Bertz CT molecular complexity index is 1200. The van der Waals surface area contributed by atoms with Gasteiger partial charge in [0.15, 0.2) is 0 Å². The molecule has 0 bridgehead atoms. The summed E-state index contributed by atoms with van der Waals surface area (Å²) in [5, 5.41) is 3.73. The normalized spacial score (nSPS) is 20.4. The van der Waals surface area contributed by atoms with Crippen molar-refractivity contribution in [3.63, 3.8) is 0 Å². The summed E-state index contributed by atoms with van der Waals surface area (Å²) in [6.45, 7) is 5.46. The second-order valence-corrected chi connectivity index (χ2v) is 10.9. The molecule has 0 radical (unpaired) electrons. The van der Waals surface area contributed by atoms with Crippen molar-refractivity contribution in [3.8, 4) is 0 Å². The van der Waals surface area contributed by atoms with Crippen LogP contribution in [0.3, 0.4) is 0 Å². The van der Waals surface area contributed by atoms with Crippen LogP contribution in [0, 0.1) is 0 Å². The Balaban J connectivity index is 1.07. The van der Waals surface area contributed by atoms with Crippen LogP contribution in [0.5, 0.6) is 0 Å². The van der Waals surface area contributed by atoms with Gasteiger partial charge in [0.1, 0.15) is 6.04 Å². The number of nitrogens with zero attached hydrogens (tertiary/aromatic N) is 3. The van der Waals surface area contributed by atoms with Crippen molar-refractivity contribution in [2.24, 2.45) is 0 Å². The number of aryl methyl sites for hydroxylation is 1. The number of benzene rings is 2. The molecule has 3 heterocycles. The molecule has 3 amide bonds. The average Bonchev–Trinajstić information content (AvgIpc) is 3.21. The van der Waals surface area contributed by atoms with Crippen molar-refractivity contribution in [1.29, 1.82) is 0 Å². The van der Waals surface area contributed by atoms with Crippen LogP contribution in [0.1, 0.15) is 53.6 Å². The third-order valence-electron chi connectivity index (χ3n) is 7.72. The van der Waals surface area contributed by atoms with Crippen LogP contribution < -0.4 is 10.2 Å². The second kappa shape index (κ2) is 11.4. The minimum Gasteiger partial charge on any atom is -0.368 e. The molecule has 5 rings (SSSR count). The molecule has 0 spiro atoms. The van der Waals surface area contributed by atoms with Gasteiger partial charge in [-0.2, -0.15) is 0 Å². The monoisotopic (exact) mass is 542 g/mol. The lowest BCUT2D eigenvalue weighted by Crippen LogP contribution is -2.52. The maximum Gasteiger partial charge on any atom is 0.255 e. The number of piperazine rings is 1. The fourth-order valence-corrected chi connectivity index (χ4v) is 6.19. The molecule has 7 nitrogen and oxygen atoms in total. The van der Waals surface area contributed by atoms with E-state index in [0.29, 0.717) is 28.6 Å². The molecular weight excluding hydrogens is 511 g/mol. The maximum absolute atomic E-state index is 13.0. The highest BCUT2D eigenvalue weighted by Crippen LogP contribution is 2.31. The lowest BCUT2D eigenvalue weighted by Gasteiger charge is -2.36. The fourth-order valence-electron chi connectivity index (χ4n) is 5.66. The Hall–Kier alpha value is -2.61. The van der Waals surface area contributed by atoms with Gasteiger partial charge in [0, 0.05) is 49.7 Å². The molecule has 0 saturated carbocycles. The van der Waals surface area contributed by atoms with Crippen molar-refractivity contribution in [3.05, 3.63) is 63.1 Å². The molecule has 37 heavy (non-hydrogen) atoms. The number of fused-ring (bicyclic) bond motifs is 1. The van der Waals surface area contributed by atoms with E-state index in [9.17, 15) is 14.4 Å². The summed E-state index contributed by atoms with van der Waals surface area (Å²) in [5.41, 5.74) is 3.97. The van der Waals surface area contributed by atoms with E-state index in [1.54, 1.807) is 11.0 Å². The first-order valence-corrected chi connectivity index (χ1v) is 13.8. The van der Waals surface area contributed by atoms with Crippen LogP contribution in [-0.4, -0.2) is 66.3 Å². The first-order chi connectivity index (χ1) is 17.9. The number of amides is 3. The van der Waals surface area contributed by atoms with Crippen LogP contribution >= 0.6 is 23.2 Å². The van der Waals surface area contributed by atoms with Gasteiger partial charge >= 0.3 is 0 Å². The zero-order valence-electron chi connectivity index (χ0n) is 20.8. The minimum absolute atomic E-state index is 0.106. The standard InChI is InChI=1S/C28H32Cl2N4O3/c29-20-8-9-24(23(30)17-20)33-15-13-32(14-16-33)12-3-1-2-5-19-6-4-7-21-22(19)18-34(28(21)37)25-10-11-26(35)31-27(25)36/h4,6-9,17,25H,1-3,5,10-16,18H2,(H,31,35,36). The molecule has 9 heteroatoms. The quantitative estimate of drug-likeness (QED) is 0.398. The number of imide groups is 1. The first-order valence-electron chi connectivity index (χ1n) is 13.1. The molecular formula is C28H32Cl2N4O3. The lowest BCUT2D eigenvalue weighted by atomic mass is 9.98. The first kappa shape index (κ1) is 26.0. The number of unbranched alkanes of at least 4 members (excludes halogenated alkanes) is 2. The molecule has 0 aromatic heterocycles. The molecule has 3 aliphatic rings. The predicted octanol–water partition coefficient (Wildman–Crippen LogP) is 4.29. The van der Waals surface area contributed by atoms with Gasteiger partial charge in [-0.25, -0.2) is 0 Å². The number of halogens is 2. The van der Waals surface area contributed by atoms with Crippen molar-refractivity contribution in [1.82, 2.24) is 15.1 Å². The van der Waals surface area contributed by atoms with E-state index in [2.05, 4.69) is 21.2 Å². The van der Waals surface area contributed by atoms with E-state index < -0.39 is 6.04 Å². The number of rotatable bonds is 8. The predicted molar refractivity (Wildman–Crippen MR) is 145 cm³/mol. The van der Waals surface area contributed by atoms with Gasteiger partial charge in [0.25, 0.3) is 5.91 Å². The number of carbonyl (C=O) groups is 3. The molecule has 196 valence electrons. The maximum atomic E-state index is 13.0. The van der Waals surface area contributed by atoms with Crippen LogP contribution in [0.4, 0.5) is 5.69 Å². The molecule has 2 aromatic carbocycles. The summed E-state index contributed by atoms with van der Waals surface area (Å²) in [6.07, 6.45) is 4.90. The number of nitrogens with one attached hydrogen (secondary N) is 1. The molecule has 2 aromatic rings. The number of anilines is 1. The van der Waals surface area contributed by atoms with E-state index in [0.717, 1.165) is 69.7 Å². The Morgan fingerprint density at radius 1 is 0.946 bits per heavy atom. The molecule has 2 fully saturated rings. The van der Waals surface area contributed by atoms with Crippen molar-refractivity contribution < 1.29 is 14.4 Å². The smallest absolute Gasteiger partial charge is 0.255 e. The van der Waals surface area contributed by atoms with Crippen molar-refractivity contribution >= 4 is 46.6 Å². The molecule has 3 aliphatic heterocycles. The van der Waals surface area contributed by atoms with E-state index in [1.165, 1.54) is 5.56 Å². The summed E-state index contributed by atoms with van der Waals surface area (Å²) < 4.78 is 0. The highest BCUT2D eigenvalue weighted by atomic mass is 35.5.